The molecule has 0 aromatic rings. The van der Waals surface area contributed by atoms with E-state index in [9.17, 15) is 4.79 Å². The molecule has 1 rings (SSSR count). The lowest BCUT2D eigenvalue weighted by Crippen LogP contribution is -1.96. The van der Waals surface area contributed by atoms with Gasteiger partial charge in [0.25, 0.3) is 0 Å². The zero-order valence-electron chi connectivity index (χ0n) is 6.14. The molecule has 0 fully saturated rings. The van der Waals surface area contributed by atoms with Gasteiger partial charge in [-0.2, -0.15) is 0 Å². The molecular weight excluding hydrogens is 132 g/mol. The Hall–Kier alpha value is -0.990. The van der Waals surface area contributed by atoms with Crippen molar-refractivity contribution in [1.29, 1.82) is 0 Å². The first-order valence-corrected chi connectivity index (χ1v) is 3.29. The smallest absolute Gasteiger partial charge is 0.377 e. The fourth-order valence-corrected chi connectivity index (χ4v) is 0.738. The minimum absolute atomic E-state index is 0.358. The zero-order valence-corrected chi connectivity index (χ0v) is 6.14. The van der Waals surface area contributed by atoms with Crippen LogP contribution in [-0.4, -0.2) is 13.1 Å². The van der Waals surface area contributed by atoms with Gasteiger partial charge < -0.3 is 9.47 Å². The van der Waals surface area contributed by atoms with Gasteiger partial charge in [0.05, 0.1) is 7.11 Å². The number of rotatable bonds is 3. The monoisotopic (exact) mass is 142 g/mol. The molecule has 0 unspecified atom stereocenters. The summed E-state index contributed by atoms with van der Waals surface area (Å²) in [7, 11) is 1.35. The van der Waals surface area contributed by atoms with Crippen LogP contribution in [0.25, 0.3) is 0 Å². The summed E-state index contributed by atoms with van der Waals surface area (Å²) < 4.78 is 9.30. The van der Waals surface area contributed by atoms with Gasteiger partial charge in [0.2, 0.25) is 5.76 Å². The molecule has 0 bridgehead atoms. The molecule has 0 aromatic carbocycles. The van der Waals surface area contributed by atoms with E-state index in [4.69, 9.17) is 4.74 Å². The van der Waals surface area contributed by atoms with E-state index < -0.39 is 0 Å². The zero-order chi connectivity index (χ0) is 7.56. The van der Waals surface area contributed by atoms with Crippen molar-refractivity contribution in [3.8, 4) is 0 Å². The number of esters is 1. The third-order valence-electron chi connectivity index (χ3n) is 1.28. The van der Waals surface area contributed by atoms with Gasteiger partial charge in [0.1, 0.15) is 0 Å². The molecule has 10 heavy (non-hydrogen) atoms. The fourth-order valence-electron chi connectivity index (χ4n) is 0.738. The van der Waals surface area contributed by atoms with Crippen molar-refractivity contribution >= 4 is 5.97 Å². The average molecular weight is 142 g/mol. The molecule has 0 saturated heterocycles. The van der Waals surface area contributed by atoms with E-state index in [0.717, 1.165) is 18.6 Å². The van der Waals surface area contributed by atoms with Crippen LogP contribution in [0.2, 0.25) is 0 Å². The molecule has 0 aliphatic carbocycles. The lowest BCUT2D eigenvalue weighted by Gasteiger charge is -1.84. The summed E-state index contributed by atoms with van der Waals surface area (Å²) >= 11 is 0. The Kier molecular flexibility index (Phi) is 1.94. The van der Waals surface area contributed by atoms with Gasteiger partial charge in [-0.3, -0.25) is 0 Å². The quantitative estimate of drug-likeness (QED) is 0.556. The van der Waals surface area contributed by atoms with Crippen LogP contribution < -0.4 is 0 Å². The van der Waals surface area contributed by atoms with Gasteiger partial charge in [0.15, 0.2) is 5.76 Å². The fraction of sp³-hybridized carbons (Fsp3) is 0.571. The Balaban J connectivity index is 2.39. The maximum absolute atomic E-state index is 10.7. The molecule has 0 saturated carbocycles. The third-order valence-corrected chi connectivity index (χ3v) is 1.28. The molecule has 3 nitrogen and oxygen atoms in total. The van der Waals surface area contributed by atoms with Crippen LogP contribution in [0.3, 0.4) is 0 Å². The minimum Gasteiger partial charge on any atom is -0.463 e. The molecule has 0 atom stereocenters. The molecule has 0 aromatic heterocycles. The van der Waals surface area contributed by atoms with E-state index in [-0.39, 0.29) is 5.97 Å². The van der Waals surface area contributed by atoms with Gasteiger partial charge in [-0.1, -0.05) is 6.92 Å². The Morgan fingerprint density at radius 1 is 1.70 bits per heavy atom. The van der Waals surface area contributed by atoms with Crippen molar-refractivity contribution in [2.75, 3.05) is 7.11 Å². The lowest BCUT2D eigenvalue weighted by atomic mass is 10.3. The number of allylic oxidation sites excluding steroid dienone is 1. The van der Waals surface area contributed by atoms with Crippen LogP contribution in [0.4, 0.5) is 0 Å². The first-order chi connectivity index (χ1) is 4.79. The third kappa shape index (κ3) is 1.29. The summed E-state index contributed by atoms with van der Waals surface area (Å²) in [6.07, 6.45) is 1.83. The van der Waals surface area contributed by atoms with Crippen LogP contribution in [0.15, 0.2) is 11.5 Å². The summed E-state index contributed by atoms with van der Waals surface area (Å²) in [5.74, 6) is 0.835. The maximum Gasteiger partial charge on any atom is 0.377 e. The Morgan fingerprint density at radius 2 is 2.40 bits per heavy atom. The van der Waals surface area contributed by atoms with E-state index in [0.29, 0.717) is 5.76 Å². The molecular formula is C7H10O3. The first-order valence-electron chi connectivity index (χ1n) is 3.29. The average Bonchev–Trinajstić information content (AvgIpc) is 2.67. The van der Waals surface area contributed by atoms with Crippen molar-refractivity contribution in [1.82, 2.24) is 0 Å². The van der Waals surface area contributed by atoms with Gasteiger partial charge >= 0.3 is 5.97 Å². The second kappa shape index (κ2) is 2.73. The highest BCUT2D eigenvalue weighted by Crippen LogP contribution is 2.30. The van der Waals surface area contributed by atoms with Crippen molar-refractivity contribution in [3.05, 3.63) is 11.5 Å². The number of carbonyl (C=O) groups is 1. The van der Waals surface area contributed by atoms with Crippen LogP contribution >= 0.6 is 0 Å². The molecule has 0 amide bonds. The predicted octanol–water partition coefficient (Wildman–Crippen LogP) is 1.20. The van der Waals surface area contributed by atoms with Crippen LogP contribution in [0.1, 0.15) is 19.8 Å². The molecule has 3 heteroatoms. The van der Waals surface area contributed by atoms with Crippen LogP contribution in [-0.2, 0) is 14.3 Å². The number of ether oxygens (including phenoxy) is 2. The van der Waals surface area contributed by atoms with E-state index in [2.05, 4.69) is 4.74 Å². The standard InChI is InChI=1S/C7H10O3/c1-3-4-5-6(10-5)7(8)9-2/h3-4H2,1-2H3. The SMILES string of the molecule is CCCC1=C(C(=O)OC)O1. The number of hydrogen-bond acceptors (Lipinski definition) is 3. The molecule has 1 aliphatic heterocycles. The van der Waals surface area contributed by atoms with Gasteiger partial charge in [-0.25, -0.2) is 4.79 Å². The van der Waals surface area contributed by atoms with E-state index in [1.807, 2.05) is 6.92 Å². The Bertz CT molecular complexity index is 181. The topological polar surface area (TPSA) is 38.8 Å². The molecule has 0 spiro atoms. The summed E-state index contributed by atoms with van der Waals surface area (Å²) in [5.41, 5.74) is 0. The summed E-state index contributed by atoms with van der Waals surface area (Å²) in [6.45, 7) is 2.03. The molecule has 0 N–H and O–H groups in total. The van der Waals surface area contributed by atoms with Gasteiger partial charge in [-0.05, 0) is 6.42 Å². The minimum atomic E-state index is -0.358. The highest BCUT2D eigenvalue weighted by Gasteiger charge is 2.31. The molecule has 1 heterocycles. The maximum atomic E-state index is 10.7. The summed E-state index contributed by atoms with van der Waals surface area (Å²) in [6, 6.07) is 0. The van der Waals surface area contributed by atoms with E-state index in [1.54, 1.807) is 0 Å². The second-order valence-electron chi connectivity index (χ2n) is 2.10. The number of methoxy groups -OCH3 is 1. The Labute approximate surface area is 59.6 Å². The van der Waals surface area contributed by atoms with Crippen molar-refractivity contribution < 1.29 is 14.3 Å². The van der Waals surface area contributed by atoms with Crippen LogP contribution in [0.5, 0.6) is 0 Å². The van der Waals surface area contributed by atoms with Gasteiger partial charge in [-0.15, -0.1) is 0 Å². The number of hydrogen-bond donors (Lipinski definition) is 0. The van der Waals surface area contributed by atoms with E-state index >= 15 is 0 Å². The predicted molar refractivity (Wildman–Crippen MR) is 35.0 cm³/mol. The van der Waals surface area contributed by atoms with Crippen molar-refractivity contribution in [2.24, 2.45) is 0 Å². The summed E-state index contributed by atoms with van der Waals surface area (Å²) in [5, 5.41) is 0. The second-order valence-corrected chi connectivity index (χ2v) is 2.10. The molecule has 0 radical (unpaired) electrons. The number of carbonyl (C=O) groups excluding carboxylic acids is 1. The summed E-state index contributed by atoms with van der Waals surface area (Å²) in [4.78, 5) is 10.7. The molecule has 1 aliphatic rings. The van der Waals surface area contributed by atoms with Crippen LogP contribution in [0, 0.1) is 0 Å². The highest BCUT2D eigenvalue weighted by atomic mass is 16.6. The lowest BCUT2D eigenvalue weighted by molar-refractivity contribution is -0.137. The Morgan fingerprint density at radius 3 is 2.90 bits per heavy atom. The normalized spacial score (nSPS) is 14.6. The first kappa shape index (κ1) is 7.12. The highest BCUT2D eigenvalue weighted by molar-refractivity contribution is 5.90. The van der Waals surface area contributed by atoms with E-state index in [1.165, 1.54) is 7.11 Å². The van der Waals surface area contributed by atoms with Crippen molar-refractivity contribution in [3.63, 3.8) is 0 Å². The van der Waals surface area contributed by atoms with Gasteiger partial charge in [0, 0.05) is 6.42 Å². The van der Waals surface area contributed by atoms with Crippen molar-refractivity contribution in [2.45, 2.75) is 19.8 Å². The largest absolute Gasteiger partial charge is 0.463 e. The molecule has 56 valence electrons.